The van der Waals surface area contributed by atoms with Crippen LogP contribution in [0.4, 0.5) is 10.1 Å². The van der Waals surface area contributed by atoms with Crippen molar-refractivity contribution in [2.24, 2.45) is 11.7 Å². The Labute approximate surface area is 120 Å². The van der Waals surface area contributed by atoms with E-state index in [1.165, 1.54) is 25.1 Å². The number of halogens is 1. The zero-order chi connectivity index (χ0) is 13.9. The van der Waals surface area contributed by atoms with Crippen LogP contribution in [0.5, 0.6) is 0 Å². The summed E-state index contributed by atoms with van der Waals surface area (Å²) in [7, 11) is 0. The SMILES string of the molecule is NCCc1cc(F)ccc1N1CCN(CC2CC2)CC1. The lowest BCUT2D eigenvalue weighted by Gasteiger charge is -2.37. The third-order valence-corrected chi connectivity index (χ3v) is 4.38. The van der Waals surface area contributed by atoms with Gasteiger partial charge in [0, 0.05) is 38.4 Å². The molecule has 1 aliphatic heterocycles. The van der Waals surface area contributed by atoms with Gasteiger partial charge in [-0.1, -0.05) is 0 Å². The first-order chi connectivity index (χ1) is 9.76. The molecule has 2 aliphatic rings. The van der Waals surface area contributed by atoms with E-state index in [4.69, 9.17) is 5.73 Å². The average molecular weight is 277 g/mol. The van der Waals surface area contributed by atoms with Gasteiger partial charge in [-0.05, 0) is 55.5 Å². The Kier molecular flexibility index (Phi) is 4.22. The summed E-state index contributed by atoms with van der Waals surface area (Å²) in [6, 6.07) is 5.11. The lowest BCUT2D eigenvalue weighted by Crippen LogP contribution is -2.47. The molecule has 0 amide bonds. The van der Waals surface area contributed by atoms with E-state index in [-0.39, 0.29) is 5.82 Å². The van der Waals surface area contributed by atoms with Crippen LogP contribution in [0, 0.1) is 11.7 Å². The molecule has 3 nitrogen and oxygen atoms in total. The predicted molar refractivity (Wildman–Crippen MR) is 80.5 cm³/mol. The molecule has 1 aromatic rings. The molecule has 1 saturated heterocycles. The molecule has 20 heavy (non-hydrogen) atoms. The monoisotopic (exact) mass is 277 g/mol. The van der Waals surface area contributed by atoms with Crippen LogP contribution in [0.2, 0.25) is 0 Å². The van der Waals surface area contributed by atoms with Gasteiger partial charge in [0.25, 0.3) is 0 Å². The fourth-order valence-corrected chi connectivity index (χ4v) is 3.06. The molecule has 3 rings (SSSR count). The lowest BCUT2D eigenvalue weighted by molar-refractivity contribution is 0.248. The van der Waals surface area contributed by atoms with Crippen LogP contribution in [-0.2, 0) is 6.42 Å². The Morgan fingerprint density at radius 3 is 2.55 bits per heavy atom. The molecule has 0 radical (unpaired) electrons. The highest BCUT2D eigenvalue weighted by Gasteiger charge is 2.26. The summed E-state index contributed by atoms with van der Waals surface area (Å²) in [5.74, 6) is 0.796. The number of benzene rings is 1. The van der Waals surface area contributed by atoms with E-state index in [0.717, 1.165) is 44.1 Å². The maximum Gasteiger partial charge on any atom is 0.123 e. The molecule has 1 aromatic carbocycles. The van der Waals surface area contributed by atoms with Gasteiger partial charge in [-0.25, -0.2) is 4.39 Å². The second kappa shape index (κ2) is 6.10. The third kappa shape index (κ3) is 3.30. The summed E-state index contributed by atoms with van der Waals surface area (Å²) in [6.45, 7) is 6.16. The fourth-order valence-electron chi connectivity index (χ4n) is 3.06. The first-order valence-electron chi connectivity index (χ1n) is 7.72. The van der Waals surface area contributed by atoms with E-state index in [2.05, 4.69) is 9.80 Å². The van der Waals surface area contributed by atoms with E-state index in [1.54, 1.807) is 12.1 Å². The highest BCUT2D eigenvalue weighted by atomic mass is 19.1. The lowest BCUT2D eigenvalue weighted by atomic mass is 10.1. The fraction of sp³-hybridized carbons (Fsp3) is 0.625. The van der Waals surface area contributed by atoms with E-state index in [0.29, 0.717) is 6.54 Å². The Balaban J connectivity index is 1.64. The normalized spacial score (nSPS) is 20.4. The summed E-state index contributed by atoms with van der Waals surface area (Å²) in [4.78, 5) is 4.95. The van der Waals surface area contributed by atoms with Crippen molar-refractivity contribution < 1.29 is 4.39 Å². The molecule has 1 aliphatic carbocycles. The standard InChI is InChI=1S/C16H24FN3/c17-15-3-4-16(14(11-15)5-6-18)20-9-7-19(8-10-20)12-13-1-2-13/h3-4,11,13H,1-2,5-10,12,18H2. The molecule has 0 atom stereocenters. The topological polar surface area (TPSA) is 32.5 Å². The minimum absolute atomic E-state index is 0.162. The van der Waals surface area contributed by atoms with E-state index in [1.807, 2.05) is 6.07 Å². The molecule has 2 N–H and O–H groups in total. The van der Waals surface area contributed by atoms with Gasteiger partial charge in [-0.15, -0.1) is 0 Å². The maximum absolute atomic E-state index is 13.4. The zero-order valence-corrected chi connectivity index (χ0v) is 12.0. The van der Waals surface area contributed by atoms with Crippen molar-refractivity contribution in [2.45, 2.75) is 19.3 Å². The largest absolute Gasteiger partial charge is 0.369 e. The van der Waals surface area contributed by atoms with Crippen LogP contribution >= 0.6 is 0 Å². The van der Waals surface area contributed by atoms with Crippen LogP contribution in [0.25, 0.3) is 0 Å². The van der Waals surface area contributed by atoms with Gasteiger partial charge in [0.05, 0.1) is 0 Å². The number of piperazine rings is 1. The van der Waals surface area contributed by atoms with Crippen LogP contribution in [0.15, 0.2) is 18.2 Å². The van der Waals surface area contributed by atoms with E-state index >= 15 is 0 Å². The second-order valence-corrected chi connectivity index (χ2v) is 6.04. The molecule has 0 spiro atoms. The number of anilines is 1. The Hall–Kier alpha value is -1.13. The number of rotatable bonds is 5. The van der Waals surface area contributed by atoms with E-state index < -0.39 is 0 Å². The van der Waals surface area contributed by atoms with Crippen LogP contribution in [-0.4, -0.2) is 44.2 Å². The van der Waals surface area contributed by atoms with Gasteiger partial charge in [0.15, 0.2) is 0 Å². The zero-order valence-electron chi connectivity index (χ0n) is 12.0. The van der Waals surface area contributed by atoms with Crippen LogP contribution in [0.3, 0.4) is 0 Å². The summed E-state index contributed by atoms with van der Waals surface area (Å²) in [5, 5.41) is 0. The summed E-state index contributed by atoms with van der Waals surface area (Å²) in [5.41, 5.74) is 7.86. The molecule has 1 saturated carbocycles. The smallest absolute Gasteiger partial charge is 0.123 e. The summed E-state index contributed by atoms with van der Waals surface area (Å²) in [6.07, 6.45) is 3.58. The molecule has 4 heteroatoms. The van der Waals surface area contributed by atoms with Gasteiger partial charge in [-0.3, -0.25) is 4.90 Å². The number of hydrogen-bond acceptors (Lipinski definition) is 3. The van der Waals surface area contributed by atoms with Crippen LogP contribution < -0.4 is 10.6 Å². The molecule has 0 aromatic heterocycles. The molecular weight excluding hydrogens is 253 g/mol. The van der Waals surface area contributed by atoms with Crippen molar-refractivity contribution >= 4 is 5.69 Å². The van der Waals surface area contributed by atoms with Crippen molar-refractivity contribution in [3.05, 3.63) is 29.6 Å². The van der Waals surface area contributed by atoms with Crippen molar-refractivity contribution in [3.8, 4) is 0 Å². The molecular formula is C16H24FN3. The molecule has 0 unspecified atom stereocenters. The van der Waals surface area contributed by atoms with Gasteiger partial charge < -0.3 is 10.6 Å². The first kappa shape index (κ1) is 13.8. The minimum atomic E-state index is -0.162. The third-order valence-electron chi connectivity index (χ3n) is 4.38. The molecule has 2 fully saturated rings. The summed E-state index contributed by atoms with van der Waals surface area (Å²) >= 11 is 0. The van der Waals surface area contributed by atoms with Gasteiger partial charge in [0.2, 0.25) is 0 Å². The predicted octanol–water partition coefficient (Wildman–Crippen LogP) is 1.86. The Morgan fingerprint density at radius 2 is 1.90 bits per heavy atom. The average Bonchev–Trinajstić information content (AvgIpc) is 3.25. The highest BCUT2D eigenvalue weighted by Crippen LogP contribution is 2.30. The number of hydrogen-bond donors (Lipinski definition) is 1. The number of nitrogens with zero attached hydrogens (tertiary/aromatic N) is 2. The van der Waals surface area contributed by atoms with Gasteiger partial charge >= 0.3 is 0 Å². The Morgan fingerprint density at radius 1 is 1.15 bits per heavy atom. The van der Waals surface area contributed by atoms with Gasteiger partial charge in [-0.2, -0.15) is 0 Å². The molecule has 1 heterocycles. The molecule has 0 bridgehead atoms. The van der Waals surface area contributed by atoms with Crippen LogP contribution in [0.1, 0.15) is 18.4 Å². The number of nitrogens with two attached hydrogens (primary N) is 1. The minimum Gasteiger partial charge on any atom is -0.369 e. The highest BCUT2D eigenvalue weighted by molar-refractivity contribution is 5.54. The Bertz CT molecular complexity index is 451. The molecule has 110 valence electrons. The quantitative estimate of drug-likeness (QED) is 0.891. The van der Waals surface area contributed by atoms with Crippen molar-refractivity contribution in [2.75, 3.05) is 44.2 Å². The first-order valence-corrected chi connectivity index (χ1v) is 7.72. The summed E-state index contributed by atoms with van der Waals surface area (Å²) < 4.78 is 13.4. The maximum atomic E-state index is 13.4. The van der Waals surface area contributed by atoms with Crippen molar-refractivity contribution in [3.63, 3.8) is 0 Å². The second-order valence-electron chi connectivity index (χ2n) is 6.04. The van der Waals surface area contributed by atoms with Crippen molar-refractivity contribution in [1.82, 2.24) is 4.90 Å². The van der Waals surface area contributed by atoms with Gasteiger partial charge in [0.1, 0.15) is 5.82 Å². The van der Waals surface area contributed by atoms with Crippen molar-refractivity contribution in [1.29, 1.82) is 0 Å². The van der Waals surface area contributed by atoms with E-state index in [9.17, 15) is 4.39 Å².